The monoisotopic (exact) mass is 337 g/mol. The van der Waals surface area contributed by atoms with Crippen LogP contribution in [-0.4, -0.2) is 43.4 Å². The van der Waals surface area contributed by atoms with Crippen LogP contribution in [0, 0.1) is 0 Å². The zero-order valence-corrected chi connectivity index (χ0v) is 13.8. The first-order chi connectivity index (χ1) is 11.1. The molecule has 0 aliphatic carbocycles. The van der Waals surface area contributed by atoms with Gasteiger partial charge in [-0.15, -0.1) is 11.8 Å². The zero-order chi connectivity index (χ0) is 17.1. The van der Waals surface area contributed by atoms with Crippen LogP contribution >= 0.6 is 11.8 Å². The number of thioether (sulfide) groups is 1. The summed E-state index contributed by atoms with van der Waals surface area (Å²) in [6.07, 6.45) is 1.24. The molecule has 7 heteroatoms. The molecule has 0 aromatic heterocycles. The van der Waals surface area contributed by atoms with E-state index in [1.807, 2.05) is 0 Å². The third-order valence-corrected chi connectivity index (χ3v) is 3.53. The van der Waals surface area contributed by atoms with Crippen molar-refractivity contribution in [3.63, 3.8) is 0 Å². The van der Waals surface area contributed by atoms with Gasteiger partial charge < -0.3 is 14.8 Å². The van der Waals surface area contributed by atoms with Crippen molar-refractivity contribution >= 4 is 29.6 Å². The van der Waals surface area contributed by atoms with Crippen molar-refractivity contribution in [2.75, 3.05) is 19.5 Å². The van der Waals surface area contributed by atoms with Crippen LogP contribution in [0.1, 0.15) is 17.3 Å². The molecule has 0 heterocycles. The molecule has 0 aliphatic heterocycles. The lowest BCUT2D eigenvalue weighted by Crippen LogP contribution is -2.43. The lowest BCUT2D eigenvalue weighted by Gasteiger charge is -2.16. The molecule has 0 bridgehead atoms. The molecule has 0 saturated heterocycles. The number of hydrogen-bond donors (Lipinski definition) is 1. The van der Waals surface area contributed by atoms with Crippen LogP contribution in [0.5, 0.6) is 0 Å². The SMILES string of the molecule is CCOC(=O)[C@H](CS/C=C\C(=O)OC)NC(=O)c1ccccc1. The maximum absolute atomic E-state index is 12.1. The number of amides is 1. The fourth-order valence-electron chi connectivity index (χ4n) is 1.57. The minimum atomic E-state index is -0.810. The lowest BCUT2D eigenvalue weighted by molar-refractivity contribution is -0.144. The summed E-state index contributed by atoms with van der Waals surface area (Å²) in [5, 5.41) is 4.14. The predicted octanol–water partition coefficient (Wildman–Crippen LogP) is 1.77. The fraction of sp³-hybridized carbons (Fsp3) is 0.312. The molecule has 1 amide bonds. The van der Waals surface area contributed by atoms with Gasteiger partial charge in [0.25, 0.3) is 5.91 Å². The van der Waals surface area contributed by atoms with E-state index in [2.05, 4.69) is 10.1 Å². The van der Waals surface area contributed by atoms with Crippen LogP contribution in [0.25, 0.3) is 0 Å². The molecule has 1 aromatic carbocycles. The van der Waals surface area contributed by atoms with Gasteiger partial charge in [-0.1, -0.05) is 18.2 Å². The van der Waals surface area contributed by atoms with E-state index in [9.17, 15) is 14.4 Å². The minimum absolute atomic E-state index is 0.221. The second kappa shape index (κ2) is 10.4. The number of benzene rings is 1. The molecule has 1 N–H and O–H groups in total. The summed E-state index contributed by atoms with van der Waals surface area (Å²) in [4.78, 5) is 35.0. The van der Waals surface area contributed by atoms with Gasteiger partial charge in [-0.2, -0.15) is 0 Å². The van der Waals surface area contributed by atoms with Crippen LogP contribution in [0.15, 0.2) is 41.8 Å². The number of carbonyl (C=O) groups excluding carboxylic acids is 3. The molecule has 0 aliphatic rings. The molecule has 0 spiro atoms. The van der Waals surface area contributed by atoms with E-state index in [0.717, 1.165) is 0 Å². The number of hydrogen-bond acceptors (Lipinski definition) is 6. The van der Waals surface area contributed by atoms with E-state index in [-0.39, 0.29) is 18.3 Å². The van der Waals surface area contributed by atoms with E-state index < -0.39 is 18.0 Å². The van der Waals surface area contributed by atoms with Crippen molar-refractivity contribution in [2.45, 2.75) is 13.0 Å². The van der Waals surface area contributed by atoms with Crippen LogP contribution in [0.2, 0.25) is 0 Å². The van der Waals surface area contributed by atoms with Crippen molar-refractivity contribution in [1.82, 2.24) is 5.32 Å². The molecule has 0 saturated carbocycles. The van der Waals surface area contributed by atoms with Crippen LogP contribution in [-0.2, 0) is 19.1 Å². The largest absolute Gasteiger partial charge is 0.466 e. The molecule has 0 fully saturated rings. The van der Waals surface area contributed by atoms with E-state index >= 15 is 0 Å². The average molecular weight is 337 g/mol. The van der Waals surface area contributed by atoms with Crippen LogP contribution < -0.4 is 5.32 Å². The summed E-state index contributed by atoms with van der Waals surface area (Å²) in [6.45, 7) is 1.91. The van der Waals surface area contributed by atoms with E-state index in [0.29, 0.717) is 5.56 Å². The van der Waals surface area contributed by atoms with E-state index in [1.165, 1.54) is 30.4 Å². The van der Waals surface area contributed by atoms with Gasteiger partial charge in [0, 0.05) is 17.4 Å². The first-order valence-electron chi connectivity index (χ1n) is 6.97. The summed E-state index contributed by atoms with van der Waals surface area (Å²) in [5.74, 6) is -1.12. The molecular formula is C16H19NO5S. The highest BCUT2D eigenvalue weighted by atomic mass is 32.2. The van der Waals surface area contributed by atoms with Gasteiger partial charge in [0.1, 0.15) is 6.04 Å². The van der Waals surface area contributed by atoms with Crippen LogP contribution in [0.4, 0.5) is 0 Å². The maximum Gasteiger partial charge on any atom is 0.330 e. The van der Waals surface area contributed by atoms with Gasteiger partial charge in [0.15, 0.2) is 0 Å². The Hall–Kier alpha value is -2.28. The van der Waals surface area contributed by atoms with E-state index in [4.69, 9.17) is 4.74 Å². The first kappa shape index (κ1) is 18.8. The first-order valence-corrected chi connectivity index (χ1v) is 8.02. The lowest BCUT2D eigenvalue weighted by atomic mass is 10.2. The predicted molar refractivity (Wildman–Crippen MR) is 87.9 cm³/mol. The zero-order valence-electron chi connectivity index (χ0n) is 13.0. The highest BCUT2D eigenvalue weighted by Crippen LogP contribution is 2.08. The van der Waals surface area contributed by atoms with Crippen molar-refractivity contribution in [2.24, 2.45) is 0 Å². The third-order valence-electron chi connectivity index (χ3n) is 2.68. The molecular weight excluding hydrogens is 318 g/mol. The van der Waals surface area contributed by atoms with Crippen LogP contribution in [0.3, 0.4) is 0 Å². The topological polar surface area (TPSA) is 81.7 Å². The number of methoxy groups -OCH3 is 1. The molecule has 1 aromatic rings. The van der Waals surface area contributed by atoms with Gasteiger partial charge in [0.2, 0.25) is 0 Å². The fourth-order valence-corrected chi connectivity index (χ4v) is 2.30. The molecule has 6 nitrogen and oxygen atoms in total. The van der Waals surface area contributed by atoms with Crippen molar-refractivity contribution in [3.05, 3.63) is 47.4 Å². The Morgan fingerprint density at radius 2 is 1.96 bits per heavy atom. The number of esters is 2. The second-order valence-corrected chi connectivity index (χ2v) is 5.24. The highest BCUT2D eigenvalue weighted by molar-refractivity contribution is 8.02. The molecule has 1 atom stereocenters. The second-order valence-electron chi connectivity index (χ2n) is 4.30. The molecule has 0 radical (unpaired) electrons. The molecule has 124 valence electrons. The molecule has 1 rings (SSSR count). The quantitative estimate of drug-likeness (QED) is 0.575. The Bertz CT molecular complexity index is 559. The third kappa shape index (κ3) is 7.01. The Morgan fingerprint density at radius 3 is 2.57 bits per heavy atom. The van der Waals surface area contributed by atoms with Crippen molar-refractivity contribution < 1.29 is 23.9 Å². The highest BCUT2D eigenvalue weighted by Gasteiger charge is 2.22. The normalized spacial score (nSPS) is 11.7. The Morgan fingerprint density at radius 1 is 1.26 bits per heavy atom. The summed E-state index contributed by atoms with van der Waals surface area (Å²) < 4.78 is 9.42. The number of ether oxygens (including phenoxy) is 2. The minimum Gasteiger partial charge on any atom is -0.466 e. The summed E-state index contributed by atoms with van der Waals surface area (Å²) >= 11 is 1.20. The van der Waals surface area contributed by atoms with Gasteiger partial charge >= 0.3 is 11.9 Å². The Balaban J connectivity index is 2.65. The molecule has 0 unspecified atom stereocenters. The van der Waals surface area contributed by atoms with Gasteiger partial charge in [0.05, 0.1) is 13.7 Å². The number of nitrogens with one attached hydrogen (secondary N) is 1. The van der Waals surface area contributed by atoms with Gasteiger partial charge in [-0.25, -0.2) is 9.59 Å². The summed E-state index contributed by atoms with van der Waals surface area (Å²) in [7, 11) is 1.28. The van der Waals surface area contributed by atoms with Gasteiger partial charge in [-0.3, -0.25) is 4.79 Å². The molecule has 23 heavy (non-hydrogen) atoms. The van der Waals surface area contributed by atoms with Gasteiger partial charge in [-0.05, 0) is 24.5 Å². The Labute approximate surface area is 139 Å². The van der Waals surface area contributed by atoms with Crippen molar-refractivity contribution in [1.29, 1.82) is 0 Å². The average Bonchev–Trinajstić information content (AvgIpc) is 2.58. The number of carbonyl (C=O) groups is 3. The van der Waals surface area contributed by atoms with Crippen molar-refractivity contribution in [3.8, 4) is 0 Å². The summed E-state index contributed by atoms with van der Waals surface area (Å²) in [6, 6.07) is 7.77. The van der Waals surface area contributed by atoms with E-state index in [1.54, 1.807) is 37.3 Å². The smallest absolute Gasteiger partial charge is 0.330 e. The standard InChI is InChI=1S/C16H19NO5S/c1-3-22-16(20)13(11-23-10-9-14(18)21-2)17-15(19)12-7-5-4-6-8-12/h4-10,13H,3,11H2,1-2H3,(H,17,19)/b10-9-/t13-/m0/s1. The Kier molecular flexibility index (Phi) is 8.52. The number of rotatable bonds is 8. The summed E-state index contributed by atoms with van der Waals surface area (Å²) in [5.41, 5.74) is 0.455. The maximum atomic E-state index is 12.1.